The Kier molecular flexibility index (Phi) is 6.01. The van der Waals surface area contributed by atoms with Crippen molar-refractivity contribution in [2.75, 3.05) is 12.3 Å². The molecule has 0 saturated heterocycles. The molecule has 0 aliphatic carbocycles. The van der Waals surface area contributed by atoms with Gasteiger partial charge in [-0.05, 0) is 24.1 Å². The minimum atomic E-state index is -1.26. The Balaban J connectivity index is 2.49. The van der Waals surface area contributed by atoms with E-state index < -0.39 is 10.8 Å². The molecular weight excluding hydrogens is 250 g/mol. The van der Waals surface area contributed by atoms with Crippen LogP contribution in [0.15, 0.2) is 18.3 Å². The fraction of sp³-hybridized carbons (Fsp3) is 0.417. The van der Waals surface area contributed by atoms with Gasteiger partial charge in [0.1, 0.15) is 17.5 Å². The molecular formula is C12H15N3O2S. The zero-order chi connectivity index (χ0) is 13.4. The summed E-state index contributed by atoms with van der Waals surface area (Å²) < 4.78 is 11.7. The molecule has 18 heavy (non-hydrogen) atoms. The maximum atomic E-state index is 11.7. The first-order valence-corrected chi connectivity index (χ1v) is 7.11. The lowest BCUT2D eigenvalue weighted by Crippen LogP contribution is -2.29. The number of nitriles is 1. The minimum Gasteiger partial charge on any atom is -0.355 e. The van der Waals surface area contributed by atoms with Crippen LogP contribution in [0.5, 0.6) is 0 Å². The highest BCUT2D eigenvalue weighted by Crippen LogP contribution is 2.04. The standard InChI is InChI=1S/C12H15N3O2S/c1-2-4-15-12(16)9-18(17)8-10-3-5-14-11(6-10)7-13/h3,5-6H,2,4,8-9H2,1H3,(H,15,16). The van der Waals surface area contributed by atoms with Crippen LogP contribution in [0.1, 0.15) is 24.6 Å². The van der Waals surface area contributed by atoms with E-state index in [1.807, 2.05) is 13.0 Å². The molecule has 0 spiro atoms. The molecule has 0 aliphatic heterocycles. The molecule has 96 valence electrons. The van der Waals surface area contributed by atoms with Crippen LogP contribution in [0.4, 0.5) is 0 Å². The summed E-state index contributed by atoms with van der Waals surface area (Å²) in [5, 5.41) is 11.4. The second kappa shape index (κ2) is 7.56. The van der Waals surface area contributed by atoms with Crippen molar-refractivity contribution in [1.82, 2.24) is 10.3 Å². The van der Waals surface area contributed by atoms with Crippen molar-refractivity contribution in [3.05, 3.63) is 29.6 Å². The average molecular weight is 265 g/mol. The third-order valence-corrected chi connectivity index (χ3v) is 3.37. The van der Waals surface area contributed by atoms with Gasteiger partial charge in [0.25, 0.3) is 0 Å². The number of pyridine rings is 1. The van der Waals surface area contributed by atoms with Crippen molar-refractivity contribution in [2.24, 2.45) is 0 Å². The second-order valence-electron chi connectivity index (χ2n) is 3.74. The Hall–Kier alpha value is -1.74. The molecule has 5 nitrogen and oxygen atoms in total. The van der Waals surface area contributed by atoms with E-state index in [4.69, 9.17) is 5.26 Å². The first-order chi connectivity index (χ1) is 8.65. The van der Waals surface area contributed by atoms with Crippen LogP contribution in [-0.2, 0) is 21.3 Å². The zero-order valence-electron chi connectivity index (χ0n) is 10.2. The van der Waals surface area contributed by atoms with E-state index in [0.717, 1.165) is 12.0 Å². The number of hydrogen-bond donors (Lipinski definition) is 1. The molecule has 6 heteroatoms. The number of amides is 1. The van der Waals surface area contributed by atoms with Gasteiger partial charge in [-0.25, -0.2) is 4.98 Å². The Morgan fingerprint density at radius 3 is 3.06 bits per heavy atom. The SMILES string of the molecule is CCCNC(=O)CS(=O)Cc1ccnc(C#N)c1. The van der Waals surface area contributed by atoms with Crippen molar-refractivity contribution in [3.63, 3.8) is 0 Å². The number of nitrogens with zero attached hydrogens (tertiary/aromatic N) is 2. The molecule has 0 saturated carbocycles. The lowest BCUT2D eigenvalue weighted by atomic mass is 10.2. The maximum Gasteiger partial charge on any atom is 0.232 e. The normalized spacial score (nSPS) is 11.6. The van der Waals surface area contributed by atoms with Crippen LogP contribution in [0, 0.1) is 11.3 Å². The Morgan fingerprint density at radius 1 is 1.61 bits per heavy atom. The molecule has 1 unspecified atom stereocenters. The van der Waals surface area contributed by atoms with Gasteiger partial charge in [-0.1, -0.05) is 6.92 Å². The second-order valence-corrected chi connectivity index (χ2v) is 5.20. The van der Waals surface area contributed by atoms with E-state index in [1.54, 1.807) is 12.1 Å². The molecule has 1 aromatic heterocycles. The fourth-order valence-electron chi connectivity index (χ4n) is 1.32. The number of carbonyl (C=O) groups excluding carboxylic acids is 1. The topological polar surface area (TPSA) is 82.8 Å². The van der Waals surface area contributed by atoms with E-state index >= 15 is 0 Å². The van der Waals surface area contributed by atoms with Crippen molar-refractivity contribution in [2.45, 2.75) is 19.1 Å². The summed E-state index contributed by atoms with van der Waals surface area (Å²) in [5.74, 6) is 0.0470. The average Bonchev–Trinajstić information content (AvgIpc) is 2.36. The molecule has 1 N–H and O–H groups in total. The monoisotopic (exact) mass is 265 g/mol. The van der Waals surface area contributed by atoms with E-state index in [2.05, 4.69) is 10.3 Å². The van der Waals surface area contributed by atoms with E-state index in [9.17, 15) is 9.00 Å². The Morgan fingerprint density at radius 2 is 2.39 bits per heavy atom. The molecule has 1 amide bonds. The molecule has 1 heterocycles. The van der Waals surface area contributed by atoms with Gasteiger partial charge in [0.05, 0.1) is 0 Å². The van der Waals surface area contributed by atoms with Crippen LogP contribution in [0.3, 0.4) is 0 Å². The van der Waals surface area contributed by atoms with Gasteiger partial charge < -0.3 is 5.32 Å². The molecule has 1 atom stereocenters. The largest absolute Gasteiger partial charge is 0.355 e. The third-order valence-electron chi connectivity index (χ3n) is 2.13. The number of hydrogen-bond acceptors (Lipinski definition) is 4. The van der Waals surface area contributed by atoms with Gasteiger partial charge in [-0.3, -0.25) is 9.00 Å². The van der Waals surface area contributed by atoms with Crippen molar-refractivity contribution >= 4 is 16.7 Å². The highest BCUT2D eigenvalue weighted by molar-refractivity contribution is 7.84. The number of rotatable bonds is 6. The van der Waals surface area contributed by atoms with Crippen LogP contribution in [0.2, 0.25) is 0 Å². The molecule has 0 aliphatic rings. The predicted molar refractivity (Wildman–Crippen MR) is 69.0 cm³/mol. The van der Waals surface area contributed by atoms with Crippen LogP contribution < -0.4 is 5.32 Å². The highest BCUT2D eigenvalue weighted by atomic mass is 32.2. The van der Waals surface area contributed by atoms with E-state index in [-0.39, 0.29) is 17.4 Å². The van der Waals surface area contributed by atoms with Crippen molar-refractivity contribution in [1.29, 1.82) is 5.26 Å². The third kappa shape index (κ3) is 5.06. The zero-order valence-corrected chi connectivity index (χ0v) is 11.0. The Bertz CT molecular complexity index is 482. The van der Waals surface area contributed by atoms with Crippen molar-refractivity contribution in [3.8, 4) is 6.07 Å². The van der Waals surface area contributed by atoms with Gasteiger partial charge in [-0.15, -0.1) is 0 Å². The van der Waals surface area contributed by atoms with Crippen LogP contribution >= 0.6 is 0 Å². The van der Waals surface area contributed by atoms with Gasteiger partial charge >= 0.3 is 0 Å². The number of nitrogens with one attached hydrogen (secondary N) is 1. The summed E-state index contributed by atoms with van der Waals surface area (Å²) in [5.41, 5.74) is 1.04. The Labute approximate surface area is 109 Å². The van der Waals surface area contributed by atoms with Crippen LogP contribution in [0.25, 0.3) is 0 Å². The first kappa shape index (κ1) is 14.3. The summed E-state index contributed by atoms with van der Waals surface area (Å²) in [7, 11) is -1.26. The minimum absolute atomic E-state index is 0.00971. The molecule has 0 radical (unpaired) electrons. The summed E-state index contributed by atoms with van der Waals surface area (Å²) in [6.45, 7) is 2.56. The van der Waals surface area contributed by atoms with Crippen molar-refractivity contribution < 1.29 is 9.00 Å². The van der Waals surface area contributed by atoms with Gasteiger partial charge in [0.2, 0.25) is 5.91 Å². The first-order valence-electron chi connectivity index (χ1n) is 5.62. The smallest absolute Gasteiger partial charge is 0.232 e. The number of carbonyl (C=O) groups is 1. The summed E-state index contributed by atoms with van der Waals surface area (Å²) in [4.78, 5) is 15.2. The molecule has 0 aromatic carbocycles. The molecule has 0 bridgehead atoms. The summed E-state index contributed by atoms with van der Waals surface area (Å²) in [6.07, 6.45) is 2.36. The van der Waals surface area contributed by atoms with E-state index in [1.165, 1.54) is 6.20 Å². The summed E-state index contributed by atoms with van der Waals surface area (Å²) in [6, 6.07) is 5.20. The quantitative estimate of drug-likeness (QED) is 0.822. The van der Waals surface area contributed by atoms with Gasteiger partial charge in [0, 0.05) is 29.3 Å². The molecule has 1 rings (SSSR count). The highest BCUT2D eigenvalue weighted by Gasteiger charge is 2.08. The van der Waals surface area contributed by atoms with E-state index in [0.29, 0.717) is 12.2 Å². The molecule has 1 aromatic rings. The van der Waals surface area contributed by atoms with Crippen LogP contribution in [-0.4, -0.2) is 27.4 Å². The summed E-state index contributed by atoms with van der Waals surface area (Å²) >= 11 is 0. The lowest BCUT2D eigenvalue weighted by Gasteiger charge is -2.04. The lowest BCUT2D eigenvalue weighted by molar-refractivity contribution is -0.118. The fourth-order valence-corrected chi connectivity index (χ4v) is 2.37. The predicted octanol–water partition coefficient (Wildman–Crippen LogP) is 0.728. The number of aromatic nitrogens is 1. The van der Waals surface area contributed by atoms with Gasteiger partial charge in [0.15, 0.2) is 0 Å². The maximum absolute atomic E-state index is 11.7. The van der Waals surface area contributed by atoms with Gasteiger partial charge in [-0.2, -0.15) is 5.26 Å². The molecule has 0 fully saturated rings.